The van der Waals surface area contributed by atoms with E-state index >= 15 is 0 Å². The van der Waals surface area contributed by atoms with Crippen LogP contribution in [-0.4, -0.2) is 52.8 Å². The quantitative estimate of drug-likeness (QED) is 0.848. The predicted molar refractivity (Wildman–Crippen MR) is 68.1 cm³/mol. The van der Waals surface area contributed by atoms with Crippen molar-refractivity contribution in [3.8, 4) is 0 Å². The maximum absolute atomic E-state index is 12.1. The van der Waals surface area contributed by atoms with E-state index in [9.17, 15) is 9.59 Å². The summed E-state index contributed by atoms with van der Waals surface area (Å²) < 4.78 is 0. The van der Waals surface area contributed by atoms with Crippen LogP contribution in [-0.2, 0) is 4.79 Å². The standard InChI is InChI=1S/C13H19N3O2/c1-10(2)12(17)15-5-7-16(8-6-15)13(18)11-3-4-14-9-11/h3-4,9-10,14H,5-8H2,1-2H3. The Morgan fingerprint density at radius 1 is 1.17 bits per heavy atom. The molecule has 1 N–H and O–H groups in total. The normalized spacial score (nSPS) is 16.2. The number of aromatic amines is 1. The number of carbonyl (C=O) groups is 2. The molecular weight excluding hydrogens is 230 g/mol. The lowest BCUT2D eigenvalue weighted by atomic mass is 10.1. The van der Waals surface area contributed by atoms with Gasteiger partial charge in [0.15, 0.2) is 0 Å². The summed E-state index contributed by atoms with van der Waals surface area (Å²) in [6, 6.07) is 1.77. The maximum Gasteiger partial charge on any atom is 0.255 e. The fraction of sp³-hybridized carbons (Fsp3) is 0.538. The summed E-state index contributed by atoms with van der Waals surface area (Å²) in [5.74, 6) is 0.230. The third-order valence-electron chi connectivity index (χ3n) is 3.22. The van der Waals surface area contributed by atoms with Crippen molar-refractivity contribution in [1.29, 1.82) is 0 Å². The molecule has 0 atom stereocenters. The fourth-order valence-corrected chi connectivity index (χ4v) is 2.13. The van der Waals surface area contributed by atoms with Crippen molar-refractivity contribution in [3.63, 3.8) is 0 Å². The number of nitrogens with one attached hydrogen (secondary N) is 1. The molecule has 0 unspecified atom stereocenters. The summed E-state index contributed by atoms with van der Waals surface area (Å²) in [5.41, 5.74) is 0.679. The van der Waals surface area contributed by atoms with Crippen molar-refractivity contribution in [1.82, 2.24) is 14.8 Å². The van der Waals surface area contributed by atoms with E-state index in [0.29, 0.717) is 31.7 Å². The zero-order valence-electron chi connectivity index (χ0n) is 10.8. The summed E-state index contributed by atoms with van der Waals surface area (Å²) in [6.07, 6.45) is 3.44. The van der Waals surface area contributed by atoms with Crippen LogP contribution in [0.5, 0.6) is 0 Å². The molecule has 1 aliphatic rings. The topological polar surface area (TPSA) is 56.4 Å². The molecule has 2 heterocycles. The van der Waals surface area contributed by atoms with E-state index in [0.717, 1.165) is 0 Å². The minimum absolute atomic E-state index is 0.0249. The molecule has 0 saturated carbocycles. The molecular formula is C13H19N3O2. The minimum atomic E-state index is 0.0249. The van der Waals surface area contributed by atoms with Gasteiger partial charge in [0.2, 0.25) is 5.91 Å². The Morgan fingerprint density at radius 3 is 2.28 bits per heavy atom. The molecule has 18 heavy (non-hydrogen) atoms. The largest absolute Gasteiger partial charge is 0.367 e. The van der Waals surface area contributed by atoms with Crippen LogP contribution in [0.15, 0.2) is 18.5 Å². The van der Waals surface area contributed by atoms with Gasteiger partial charge in [0.25, 0.3) is 5.91 Å². The first-order valence-electron chi connectivity index (χ1n) is 6.30. The number of aromatic nitrogens is 1. The molecule has 1 aromatic rings. The van der Waals surface area contributed by atoms with E-state index in [-0.39, 0.29) is 17.7 Å². The van der Waals surface area contributed by atoms with Crippen LogP contribution in [0.25, 0.3) is 0 Å². The van der Waals surface area contributed by atoms with Crippen LogP contribution < -0.4 is 0 Å². The van der Waals surface area contributed by atoms with Crippen LogP contribution in [0.3, 0.4) is 0 Å². The number of H-pyrrole nitrogens is 1. The van der Waals surface area contributed by atoms with Gasteiger partial charge in [-0.3, -0.25) is 9.59 Å². The highest BCUT2D eigenvalue weighted by Crippen LogP contribution is 2.10. The first-order chi connectivity index (χ1) is 8.59. The number of hydrogen-bond acceptors (Lipinski definition) is 2. The number of nitrogens with zero attached hydrogens (tertiary/aromatic N) is 2. The fourth-order valence-electron chi connectivity index (χ4n) is 2.13. The van der Waals surface area contributed by atoms with Gasteiger partial charge in [0.1, 0.15) is 0 Å². The summed E-state index contributed by atoms with van der Waals surface area (Å²) >= 11 is 0. The molecule has 0 spiro atoms. The first-order valence-corrected chi connectivity index (χ1v) is 6.30. The zero-order chi connectivity index (χ0) is 13.1. The van der Waals surface area contributed by atoms with Crippen molar-refractivity contribution >= 4 is 11.8 Å². The highest BCUT2D eigenvalue weighted by molar-refractivity contribution is 5.94. The van der Waals surface area contributed by atoms with Gasteiger partial charge in [-0.2, -0.15) is 0 Å². The van der Waals surface area contributed by atoms with Gasteiger partial charge in [0.05, 0.1) is 5.56 Å². The smallest absolute Gasteiger partial charge is 0.255 e. The van der Waals surface area contributed by atoms with E-state index < -0.39 is 0 Å². The second kappa shape index (κ2) is 5.25. The van der Waals surface area contributed by atoms with E-state index in [1.807, 2.05) is 18.7 Å². The highest BCUT2D eigenvalue weighted by Gasteiger charge is 2.25. The van der Waals surface area contributed by atoms with Gasteiger partial charge in [-0.15, -0.1) is 0 Å². The molecule has 5 nitrogen and oxygen atoms in total. The van der Waals surface area contributed by atoms with Crippen molar-refractivity contribution in [2.75, 3.05) is 26.2 Å². The Kier molecular flexibility index (Phi) is 3.69. The van der Waals surface area contributed by atoms with E-state index in [1.165, 1.54) is 0 Å². The van der Waals surface area contributed by atoms with Gasteiger partial charge in [0, 0.05) is 44.5 Å². The van der Waals surface area contributed by atoms with Crippen molar-refractivity contribution in [2.45, 2.75) is 13.8 Å². The lowest BCUT2D eigenvalue weighted by Crippen LogP contribution is -2.51. The molecule has 0 radical (unpaired) electrons. The molecule has 2 amide bonds. The van der Waals surface area contributed by atoms with Gasteiger partial charge in [-0.05, 0) is 6.07 Å². The second-order valence-electron chi connectivity index (χ2n) is 4.87. The minimum Gasteiger partial charge on any atom is -0.367 e. The maximum atomic E-state index is 12.1. The molecule has 1 aromatic heterocycles. The summed E-state index contributed by atoms with van der Waals surface area (Å²) in [5, 5.41) is 0. The Balaban J connectivity index is 1.91. The zero-order valence-corrected chi connectivity index (χ0v) is 10.8. The third-order valence-corrected chi connectivity index (χ3v) is 3.22. The predicted octanol–water partition coefficient (Wildman–Crippen LogP) is 0.955. The number of piperazine rings is 1. The first kappa shape index (κ1) is 12.7. The number of amides is 2. The molecule has 5 heteroatoms. The van der Waals surface area contributed by atoms with Gasteiger partial charge >= 0.3 is 0 Å². The monoisotopic (exact) mass is 249 g/mol. The van der Waals surface area contributed by atoms with Crippen LogP contribution in [0, 0.1) is 5.92 Å². The molecule has 98 valence electrons. The second-order valence-corrected chi connectivity index (χ2v) is 4.87. The number of carbonyl (C=O) groups excluding carboxylic acids is 2. The molecule has 1 aliphatic heterocycles. The summed E-state index contributed by atoms with van der Waals surface area (Å²) in [7, 11) is 0. The molecule has 2 rings (SSSR count). The van der Waals surface area contributed by atoms with Crippen molar-refractivity contribution in [3.05, 3.63) is 24.0 Å². The highest BCUT2D eigenvalue weighted by atomic mass is 16.2. The lowest BCUT2D eigenvalue weighted by Gasteiger charge is -2.35. The molecule has 1 fully saturated rings. The summed E-state index contributed by atoms with van der Waals surface area (Å²) in [6.45, 7) is 6.30. The average molecular weight is 249 g/mol. The van der Waals surface area contributed by atoms with Gasteiger partial charge in [-0.25, -0.2) is 0 Å². The third kappa shape index (κ3) is 2.55. The number of rotatable bonds is 2. The van der Waals surface area contributed by atoms with Crippen LogP contribution in [0.1, 0.15) is 24.2 Å². The Labute approximate surface area is 107 Å². The van der Waals surface area contributed by atoms with Crippen LogP contribution >= 0.6 is 0 Å². The van der Waals surface area contributed by atoms with E-state index in [4.69, 9.17) is 0 Å². The van der Waals surface area contributed by atoms with Crippen molar-refractivity contribution in [2.24, 2.45) is 5.92 Å². The van der Waals surface area contributed by atoms with Gasteiger partial charge < -0.3 is 14.8 Å². The SMILES string of the molecule is CC(C)C(=O)N1CCN(C(=O)c2cc[nH]c2)CC1. The molecule has 0 aromatic carbocycles. The van der Waals surface area contributed by atoms with Crippen LogP contribution in [0.2, 0.25) is 0 Å². The lowest BCUT2D eigenvalue weighted by molar-refractivity contribution is -0.135. The molecule has 1 saturated heterocycles. The van der Waals surface area contributed by atoms with Crippen LogP contribution in [0.4, 0.5) is 0 Å². The molecule has 0 aliphatic carbocycles. The Morgan fingerprint density at radius 2 is 1.78 bits per heavy atom. The van der Waals surface area contributed by atoms with E-state index in [1.54, 1.807) is 23.4 Å². The summed E-state index contributed by atoms with van der Waals surface area (Å²) in [4.78, 5) is 30.4. The average Bonchev–Trinajstić information content (AvgIpc) is 2.91. The van der Waals surface area contributed by atoms with Crippen molar-refractivity contribution < 1.29 is 9.59 Å². The van der Waals surface area contributed by atoms with E-state index in [2.05, 4.69) is 4.98 Å². The van der Waals surface area contributed by atoms with Gasteiger partial charge in [-0.1, -0.05) is 13.8 Å². The molecule has 0 bridgehead atoms. The number of hydrogen-bond donors (Lipinski definition) is 1. The Bertz CT molecular complexity index is 417. The Hall–Kier alpha value is -1.78.